The molecule has 1 aliphatic heterocycles. The molecule has 1 amide bonds. The Labute approximate surface area is 123 Å². The zero-order chi connectivity index (χ0) is 14.8. The molecule has 0 bridgehead atoms. The number of rotatable bonds is 5. The molecule has 1 aromatic rings. The molecule has 2 rings (SSSR count). The molecule has 0 aromatic heterocycles. The molecule has 2 N–H and O–H groups in total. The molecule has 1 atom stereocenters. The van der Waals surface area contributed by atoms with Crippen LogP contribution in [-0.4, -0.2) is 37.1 Å². The van der Waals surface area contributed by atoms with Gasteiger partial charge in [0.25, 0.3) is 0 Å². The van der Waals surface area contributed by atoms with Gasteiger partial charge in [0, 0.05) is 12.4 Å². The number of sulfonamides is 1. The molecular formula is C13H17ClN2O3S. The van der Waals surface area contributed by atoms with Crippen LogP contribution in [-0.2, 0) is 21.2 Å². The van der Waals surface area contributed by atoms with Gasteiger partial charge < -0.3 is 5.73 Å². The van der Waals surface area contributed by atoms with Crippen LogP contribution in [0.1, 0.15) is 18.4 Å². The summed E-state index contributed by atoms with van der Waals surface area (Å²) in [6, 6.07) is 5.85. The molecular weight excluding hydrogens is 300 g/mol. The van der Waals surface area contributed by atoms with Crippen molar-refractivity contribution >= 4 is 27.5 Å². The van der Waals surface area contributed by atoms with Crippen LogP contribution in [0.4, 0.5) is 0 Å². The molecule has 1 aliphatic rings. The normalized spacial score (nSPS) is 20.1. The van der Waals surface area contributed by atoms with Gasteiger partial charge in [0.2, 0.25) is 15.9 Å². The number of carbonyl (C=O) groups excluding carboxylic acids is 1. The number of amides is 1. The molecule has 5 nitrogen and oxygen atoms in total. The molecule has 0 radical (unpaired) electrons. The number of benzene rings is 1. The number of halogens is 1. The summed E-state index contributed by atoms with van der Waals surface area (Å²) in [5, 5.41) is 0. The summed E-state index contributed by atoms with van der Waals surface area (Å²) in [4.78, 5) is 11.5. The van der Waals surface area contributed by atoms with Crippen LogP contribution in [0.25, 0.3) is 0 Å². The standard InChI is InChI=1S/C13H17ClN2O3S/c14-8-7-10-3-5-11(6-4-10)20(18,19)16-9-1-2-12(16)13(15)17/h3-6,12H,1-2,7-9H2,(H2,15,17). The van der Waals surface area contributed by atoms with Crippen molar-refractivity contribution < 1.29 is 13.2 Å². The third-order valence-electron chi connectivity index (χ3n) is 3.45. The van der Waals surface area contributed by atoms with Gasteiger partial charge in [0.15, 0.2) is 0 Å². The number of hydrogen-bond donors (Lipinski definition) is 1. The highest BCUT2D eigenvalue weighted by molar-refractivity contribution is 7.89. The van der Waals surface area contributed by atoms with Gasteiger partial charge >= 0.3 is 0 Å². The van der Waals surface area contributed by atoms with E-state index in [-0.39, 0.29) is 4.90 Å². The number of carbonyl (C=O) groups is 1. The van der Waals surface area contributed by atoms with Crippen molar-refractivity contribution in [3.05, 3.63) is 29.8 Å². The fourth-order valence-electron chi connectivity index (χ4n) is 2.38. The Balaban J connectivity index is 2.27. The van der Waals surface area contributed by atoms with Gasteiger partial charge in [-0.3, -0.25) is 4.79 Å². The van der Waals surface area contributed by atoms with E-state index in [0.29, 0.717) is 31.7 Å². The molecule has 1 aromatic carbocycles. The topological polar surface area (TPSA) is 80.5 Å². The molecule has 1 fully saturated rings. The summed E-state index contributed by atoms with van der Waals surface area (Å²) >= 11 is 5.65. The van der Waals surface area contributed by atoms with Gasteiger partial charge in [-0.05, 0) is 37.0 Å². The van der Waals surface area contributed by atoms with E-state index in [9.17, 15) is 13.2 Å². The predicted octanol–water partition coefficient (Wildman–Crippen LogP) is 1.11. The summed E-state index contributed by atoms with van der Waals surface area (Å²) in [5.74, 6) is -0.105. The molecule has 20 heavy (non-hydrogen) atoms. The maximum atomic E-state index is 12.5. The van der Waals surface area contributed by atoms with E-state index in [1.54, 1.807) is 24.3 Å². The lowest BCUT2D eigenvalue weighted by atomic mass is 10.2. The van der Waals surface area contributed by atoms with Crippen LogP contribution in [0.2, 0.25) is 0 Å². The van der Waals surface area contributed by atoms with E-state index in [1.165, 1.54) is 4.31 Å². The Bertz CT molecular complexity index is 586. The first-order valence-corrected chi connectivity index (χ1v) is 8.40. The highest BCUT2D eigenvalue weighted by Gasteiger charge is 2.38. The maximum Gasteiger partial charge on any atom is 0.243 e. The SMILES string of the molecule is NC(=O)C1CCCN1S(=O)(=O)c1ccc(CCCl)cc1. The summed E-state index contributed by atoms with van der Waals surface area (Å²) in [6.45, 7) is 0.333. The molecule has 1 unspecified atom stereocenters. The Morgan fingerprint density at radius 2 is 2.00 bits per heavy atom. The number of nitrogens with zero attached hydrogens (tertiary/aromatic N) is 1. The molecule has 0 aliphatic carbocycles. The predicted molar refractivity (Wildman–Crippen MR) is 77.0 cm³/mol. The Kier molecular flexibility index (Phi) is 4.67. The number of primary amides is 1. The van der Waals surface area contributed by atoms with E-state index >= 15 is 0 Å². The van der Waals surface area contributed by atoms with Crippen LogP contribution in [0, 0.1) is 0 Å². The van der Waals surface area contributed by atoms with Gasteiger partial charge in [0.05, 0.1) is 4.90 Å². The highest BCUT2D eigenvalue weighted by atomic mass is 35.5. The van der Waals surface area contributed by atoms with E-state index in [0.717, 1.165) is 5.56 Å². The molecule has 110 valence electrons. The number of aryl methyl sites for hydroxylation is 1. The van der Waals surface area contributed by atoms with Crippen LogP contribution in [0.15, 0.2) is 29.2 Å². The molecule has 0 spiro atoms. The zero-order valence-electron chi connectivity index (χ0n) is 11.0. The monoisotopic (exact) mass is 316 g/mol. The van der Waals surface area contributed by atoms with Crippen molar-refractivity contribution in [3.63, 3.8) is 0 Å². The van der Waals surface area contributed by atoms with E-state index in [4.69, 9.17) is 17.3 Å². The molecule has 1 saturated heterocycles. The van der Waals surface area contributed by atoms with E-state index < -0.39 is 22.0 Å². The van der Waals surface area contributed by atoms with E-state index in [1.807, 2.05) is 0 Å². The van der Waals surface area contributed by atoms with Gasteiger partial charge in [-0.15, -0.1) is 11.6 Å². The third kappa shape index (κ3) is 2.97. The fourth-order valence-corrected chi connectivity index (χ4v) is 4.27. The summed E-state index contributed by atoms with van der Waals surface area (Å²) in [5.41, 5.74) is 6.25. The van der Waals surface area contributed by atoms with Crippen LogP contribution in [0.5, 0.6) is 0 Å². The van der Waals surface area contributed by atoms with E-state index in [2.05, 4.69) is 0 Å². The van der Waals surface area contributed by atoms with Gasteiger partial charge in [-0.25, -0.2) is 8.42 Å². The van der Waals surface area contributed by atoms with Crippen molar-refractivity contribution in [2.75, 3.05) is 12.4 Å². The Morgan fingerprint density at radius 1 is 1.35 bits per heavy atom. The molecule has 0 saturated carbocycles. The van der Waals surface area contributed by atoms with Crippen molar-refractivity contribution in [3.8, 4) is 0 Å². The first kappa shape index (κ1) is 15.3. The first-order chi connectivity index (χ1) is 9.46. The average Bonchev–Trinajstić information content (AvgIpc) is 2.90. The van der Waals surface area contributed by atoms with Crippen LogP contribution in [0.3, 0.4) is 0 Å². The second kappa shape index (κ2) is 6.11. The van der Waals surface area contributed by atoms with Crippen molar-refractivity contribution in [2.24, 2.45) is 5.73 Å². The summed E-state index contributed by atoms with van der Waals surface area (Å²) < 4.78 is 26.2. The third-order valence-corrected chi connectivity index (χ3v) is 5.56. The highest BCUT2D eigenvalue weighted by Crippen LogP contribution is 2.26. The number of alkyl halides is 1. The van der Waals surface area contributed by atoms with Crippen molar-refractivity contribution in [2.45, 2.75) is 30.2 Å². The van der Waals surface area contributed by atoms with Gasteiger partial charge in [-0.1, -0.05) is 12.1 Å². The van der Waals surface area contributed by atoms with Crippen molar-refractivity contribution in [1.29, 1.82) is 0 Å². The smallest absolute Gasteiger partial charge is 0.243 e. The van der Waals surface area contributed by atoms with Gasteiger partial charge in [0.1, 0.15) is 6.04 Å². The molecule has 1 heterocycles. The Hall–Kier alpha value is -1.11. The van der Waals surface area contributed by atoms with Gasteiger partial charge in [-0.2, -0.15) is 4.31 Å². The number of nitrogens with two attached hydrogens (primary N) is 1. The minimum absolute atomic E-state index is 0.184. The minimum atomic E-state index is -3.67. The van der Waals surface area contributed by atoms with Crippen molar-refractivity contribution in [1.82, 2.24) is 4.31 Å². The largest absolute Gasteiger partial charge is 0.368 e. The fraction of sp³-hybridized carbons (Fsp3) is 0.462. The lowest BCUT2D eigenvalue weighted by Gasteiger charge is -2.21. The second-order valence-corrected chi connectivity index (χ2v) is 7.03. The van der Waals surface area contributed by atoms with Crippen LogP contribution < -0.4 is 5.73 Å². The second-order valence-electron chi connectivity index (χ2n) is 4.76. The lowest BCUT2D eigenvalue weighted by molar-refractivity contribution is -0.121. The Morgan fingerprint density at radius 3 is 2.55 bits per heavy atom. The average molecular weight is 317 g/mol. The maximum absolute atomic E-state index is 12.5. The van der Waals surface area contributed by atoms with Crippen LogP contribution >= 0.6 is 11.6 Å². The quantitative estimate of drug-likeness (QED) is 0.826. The molecule has 7 heteroatoms. The summed E-state index contributed by atoms with van der Waals surface area (Å²) in [7, 11) is -3.67. The number of hydrogen-bond acceptors (Lipinski definition) is 3. The first-order valence-electron chi connectivity index (χ1n) is 6.43. The minimum Gasteiger partial charge on any atom is -0.368 e. The summed E-state index contributed by atoms with van der Waals surface area (Å²) in [6.07, 6.45) is 1.82. The zero-order valence-corrected chi connectivity index (χ0v) is 12.5. The lowest BCUT2D eigenvalue weighted by Crippen LogP contribution is -2.43.